The molecule has 0 aromatic heterocycles. The molecular weight excluding hydrogens is 176 g/mol. The lowest BCUT2D eigenvalue weighted by Crippen LogP contribution is -2.47. The van der Waals surface area contributed by atoms with Crippen LogP contribution in [-0.4, -0.2) is 25.0 Å². The molecule has 4 atom stereocenters. The van der Waals surface area contributed by atoms with Gasteiger partial charge in [0, 0.05) is 13.1 Å². The molecule has 2 aliphatic carbocycles. The van der Waals surface area contributed by atoms with Crippen LogP contribution in [0.25, 0.3) is 0 Å². The molecule has 2 aliphatic rings. The highest BCUT2D eigenvalue weighted by atomic mass is 16.2. The van der Waals surface area contributed by atoms with Gasteiger partial charge >= 0.3 is 0 Å². The van der Waals surface area contributed by atoms with E-state index < -0.39 is 0 Å². The fourth-order valence-corrected chi connectivity index (χ4v) is 3.06. The minimum atomic E-state index is -0.0376. The minimum Gasteiger partial charge on any atom is -0.358 e. The summed E-state index contributed by atoms with van der Waals surface area (Å²) in [5.74, 6) is 1.88. The van der Waals surface area contributed by atoms with Crippen molar-refractivity contribution < 1.29 is 4.79 Å². The first kappa shape index (κ1) is 9.97. The molecule has 4 unspecified atom stereocenters. The topological polar surface area (TPSA) is 41.1 Å². The summed E-state index contributed by atoms with van der Waals surface area (Å²) in [6.45, 7) is 1.95. The summed E-state index contributed by atoms with van der Waals surface area (Å²) in [5.41, 5.74) is 0. The highest BCUT2D eigenvalue weighted by molar-refractivity contribution is 5.80. The highest BCUT2D eigenvalue weighted by Crippen LogP contribution is 2.44. The van der Waals surface area contributed by atoms with Gasteiger partial charge in [0.1, 0.15) is 0 Å². The first-order valence-electron chi connectivity index (χ1n) is 5.68. The van der Waals surface area contributed by atoms with Crippen LogP contribution in [0.1, 0.15) is 32.6 Å². The van der Waals surface area contributed by atoms with Crippen LogP contribution < -0.4 is 10.6 Å². The zero-order valence-corrected chi connectivity index (χ0v) is 9.05. The SMILES string of the molecule is CNC(=O)C(C)NC1CC2CCC1C2. The Morgan fingerprint density at radius 3 is 2.64 bits per heavy atom. The second-order valence-electron chi connectivity index (χ2n) is 4.78. The number of hydrogen-bond donors (Lipinski definition) is 2. The molecule has 3 nitrogen and oxygen atoms in total. The predicted octanol–water partition coefficient (Wildman–Crippen LogP) is 0.899. The second-order valence-corrected chi connectivity index (χ2v) is 4.78. The van der Waals surface area contributed by atoms with E-state index in [-0.39, 0.29) is 11.9 Å². The third-order valence-corrected chi connectivity index (χ3v) is 3.84. The van der Waals surface area contributed by atoms with Crippen molar-refractivity contribution in [2.24, 2.45) is 11.8 Å². The molecule has 2 bridgehead atoms. The molecule has 0 aliphatic heterocycles. The zero-order valence-electron chi connectivity index (χ0n) is 9.05. The lowest BCUT2D eigenvalue weighted by Gasteiger charge is -2.25. The summed E-state index contributed by atoms with van der Waals surface area (Å²) < 4.78 is 0. The van der Waals surface area contributed by atoms with Crippen LogP contribution in [0.2, 0.25) is 0 Å². The molecule has 2 fully saturated rings. The number of likely N-dealkylation sites (N-methyl/N-ethyl adjacent to an activating group) is 1. The Bertz CT molecular complexity index is 229. The van der Waals surface area contributed by atoms with Crippen molar-refractivity contribution in [2.45, 2.75) is 44.7 Å². The second kappa shape index (κ2) is 3.89. The number of carbonyl (C=O) groups excluding carboxylic acids is 1. The number of amides is 1. The van der Waals surface area contributed by atoms with E-state index in [4.69, 9.17) is 0 Å². The predicted molar refractivity (Wildman–Crippen MR) is 55.9 cm³/mol. The summed E-state index contributed by atoms with van der Waals surface area (Å²) in [5, 5.41) is 6.13. The van der Waals surface area contributed by atoms with Gasteiger partial charge in [0.05, 0.1) is 6.04 Å². The standard InChI is InChI=1S/C11H20N2O/c1-7(11(14)12-2)13-10-6-8-3-4-9(10)5-8/h7-10,13H,3-6H2,1-2H3,(H,12,14). The Balaban J connectivity index is 1.83. The van der Waals surface area contributed by atoms with E-state index in [2.05, 4.69) is 10.6 Å². The molecule has 80 valence electrons. The van der Waals surface area contributed by atoms with Gasteiger partial charge in [-0.1, -0.05) is 6.42 Å². The maximum absolute atomic E-state index is 11.3. The van der Waals surface area contributed by atoms with Crippen molar-refractivity contribution in [3.8, 4) is 0 Å². The molecule has 2 saturated carbocycles. The molecular formula is C11H20N2O. The van der Waals surface area contributed by atoms with E-state index in [0.717, 1.165) is 11.8 Å². The van der Waals surface area contributed by atoms with Gasteiger partial charge in [-0.2, -0.15) is 0 Å². The molecule has 0 aromatic carbocycles. The molecule has 0 heterocycles. The fraction of sp³-hybridized carbons (Fsp3) is 0.909. The fourth-order valence-electron chi connectivity index (χ4n) is 3.06. The van der Waals surface area contributed by atoms with Crippen LogP contribution >= 0.6 is 0 Å². The zero-order chi connectivity index (χ0) is 10.1. The highest BCUT2D eigenvalue weighted by Gasteiger charge is 2.40. The smallest absolute Gasteiger partial charge is 0.236 e. The van der Waals surface area contributed by atoms with Crippen LogP contribution in [0, 0.1) is 11.8 Å². The van der Waals surface area contributed by atoms with Crippen molar-refractivity contribution in [1.82, 2.24) is 10.6 Å². The Hall–Kier alpha value is -0.570. The monoisotopic (exact) mass is 196 g/mol. The molecule has 14 heavy (non-hydrogen) atoms. The molecule has 3 heteroatoms. The summed E-state index contributed by atoms with van der Waals surface area (Å²) in [4.78, 5) is 11.3. The van der Waals surface area contributed by atoms with Crippen LogP contribution in [-0.2, 0) is 4.79 Å². The molecule has 2 N–H and O–H groups in total. The number of rotatable bonds is 3. The van der Waals surface area contributed by atoms with E-state index in [1.165, 1.54) is 25.7 Å². The van der Waals surface area contributed by atoms with E-state index in [9.17, 15) is 4.79 Å². The van der Waals surface area contributed by atoms with Crippen LogP contribution in [0.3, 0.4) is 0 Å². The average Bonchev–Trinajstić information content (AvgIpc) is 2.77. The molecule has 1 amide bonds. The van der Waals surface area contributed by atoms with Gasteiger partial charge in [-0.15, -0.1) is 0 Å². The normalized spacial score (nSPS) is 37.1. The number of nitrogens with one attached hydrogen (secondary N) is 2. The van der Waals surface area contributed by atoms with Gasteiger partial charge in [0.2, 0.25) is 5.91 Å². The van der Waals surface area contributed by atoms with E-state index in [1.807, 2.05) is 6.92 Å². The van der Waals surface area contributed by atoms with Crippen molar-refractivity contribution >= 4 is 5.91 Å². The van der Waals surface area contributed by atoms with Gasteiger partial charge in [0.15, 0.2) is 0 Å². The van der Waals surface area contributed by atoms with Crippen LogP contribution in [0.15, 0.2) is 0 Å². The molecule has 0 spiro atoms. The van der Waals surface area contributed by atoms with Gasteiger partial charge in [-0.25, -0.2) is 0 Å². The first-order valence-corrected chi connectivity index (χ1v) is 5.68. The average molecular weight is 196 g/mol. The van der Waals surface area contributed by atoms with E-state index in [0.29, 0.717) is 6.04 Å². The van der Waals surface area contributed by atoms with Crippen molar-refractivity contribution in [2.75, 3.05) is 7.05 Å². The molecule has 2 rings (SSSR count). The van der Waals surface area contributed by atoms with Gasteiger partial charge in [-0.05, 0) is 38.0 Å². The molecule has 0 radical (unpaired) electrons. The third-order valence-electron chi connectivity index (χ3n) is 3.84. The summed E-state index contributed by atoms with van der Waals surface area (Å²) >= 11 is 0. The van der Waals surface area contributed by atoms with Crippen molar-refractivity contribution in [3.63, 3.8) is 0 Å². The number of fused-ring (bicyclic) bond motifs is 2. The Labute approximate surface area is 85.6 Å². The largest absolute Gasteiger partial charge is 0.358 e. The summed E-state index contributed by atoms with van der Waals surface area (Å²) in [6.07, 6.45) is 5.45. The number of carbonyl (C=O) groups is 1. The van der Waals surface area contributed by atoms with Gasteiger partial charge in [0.25, 0.3) is 0 Å². The van der Waals surface area contributed by atoms with Crippen LogP contribution in [0.4, 0.5) is 0 Å². The van der Waals surface area contributed by atoms with Crippen LogP contribution in [0.5, 0.6) is 0 Å². The van der Waals surface area contributed by atoms with Gasteiger partial charge in [-0.3, -0.25) is 4.79 Å². The molecule has 0 aromatic rings. The Morgan fingerprint density at radius 2 is 2.14 bits per heavy atom. The Morgan fingerprint density at radius 1 is 1.36 bits per heavy atom. The van der Waals surface area contributed by atoms with E-state index in [1.54, 1.807) is 7.05 Å². The Kier molecular flexibility index (Phi) is 2.77. The lowest BCUT2D eigenvalue weighted by molar-refractivity contribution is -0.122. The maximum atomic E-state index is 11.3. The maximum Gasteiger partial charge on any atom is 0.236 e. The summed E-state index contributed by atoms with van der Waals surface area (Å²) in [6, 6.07) is 0.561. The molecule has 0 saturated heterocycles. The van der Waals surface area contributed by atoms with Crippen molar-refractivity contribution in [1.29, 1.82) is 0 Å². The van der Waals surface area contributed by atoms with Crippen molar-refractivity contribution in [3.05, 3.63) is 0 Å². The third kappa shape index (κ3) is 1.78. The number of hydrogen-bond acceptors (Lipinski definition) is 2. The summed E-state index contributed by atoms with van der Waals surface area (Å²) in [7, 11) is 1.70. The first-order chi connectivity index (χ1) is 6.70. The lowest BCUT2D eigenvalue weighted by atomic mass is 9.95. The van der Waals surface area contributed by atoms with E-state index >= 15 is 0 Å². The minimum absolute atomic E-state index is 0.0376. The van der Waals surface area contributed by atoms with Gasteiger partial charge < -0.3 is 10.6 Å². The quantitative estimate of drug-likeness (QED) is 0.704.